The molecule has 0 amide bonds. The van der Waals surface area contributed by atoms with Gasteiger partial charge < -0.3 is 15.4 Å². The number of halogens is 1. The van der Waals surface area contributed by atoms with Gasteiger partial charge in [0.15, 0.2) is 5.96 Å². The lowest BCUT2D eigenvalue weighted by atomic mass is 10.2. The van der Waals surface area contributed by atoms with Crippen molar-refractivity contribution >= 4 is 17.6 Å². The number of aromatic nitrogens is 1. The molecule has 1 aromatic carbocycles. The molecule has 2 N–H and O–H groups in total. The van der Waals surface area contributed by atoms with E-state index < -0.39 is 0 Å². The first-order valence-corrected chi connectivity index (χ1v) is 7.86. The van der Waals surface area contributed by atoms with Crippen LogP contribution in [0.1, 0.15) is 18.2 Å². The predicted octanol–water partition coefficient (Wildman–Crippen LogP) is 3.00. The molecular formula is C17H21ClN4O. The van der Waals surface area contributed by atoms with Crippen molar-refractivity contribution in [2.75, 3.05) is 13.7 Å². The molecule has 1 aromatic heterocycles. The topological polar surface area (TPSA) is 58.5 Å². The molecule has 0 unspecified atom stereocenters. The van der Waals surface area contributed by atoms with Crippen LogP contribution in [0, 0.1) is 0 Å². The van der Waals surface area contributed by atoms with Crippen molar-refractivity contribution in [3.8, 4) is 5.88 Å². The van der Waals surface area contributed by atoms with E-state index >= 15 is 0 Å². The van der Waals surface area contributed by atoms with Crippen LogP contribution >= 0.6 is 11.6 Å². The monoisotopic (exact) mass is 332 g/mol. The van der Waals surface area contributed by atoms with Gasteiger partial charge in [-0.15, -0.1) is 0 Å². The zero-order valence-electron chi connectivity index (χ0n) is 13.3. The van der Waals surface area contributed by atoms with Crippen molar-refractivity contribution in [1.82, 2.24) is 15.6 Å². The Morgan fingerprint density at radius 1 is 1.17 bits per heavy atom. The molecule has 2 aromatic rings. The first kappa shape index (κ1) is 17.1. The van der Waals surface area contributed by atoms with E-state index in [9.17, 15) is 0 Å². The van der Waals surface area contributed by atoms with Crippen LogP contribution < -0.4 is 15.4 Å². The van der Waals surface area contributed by atoms with Crippen LogP contribution in [0.15, 0.2) is 47.5 Å². The Balaban J connectivity index is 2.00. The maximum absolute atomic E-state index is 6.16. The third-order valence-electron chi connectivity index (χ3n) is 3.14. The SMILES string of the molecule is CCNC(=NCc1ccccc1Cl)NCc1cccc(OC)n1. The standard InChI is InChI=1S/C17H21ClN4O/c1-3-19-17(20-11-13-7-4-5-9-15(13)18)21-12-14-8-6-10-16(22-14)23-2/h4-10H,3,11-12H2,1-2H3,(H2,19,20,21). The molecule has 0 aliphatic rings. The normalized spacial score (nSPS) is 11.2. The second kappa shape index (κ2) is 9.00. The maximum atomic E-state index is 6.16. The molecule has 0 atom stereocenters. The van der Waals surface area contributed by atoms with Crippen LogP contribution in [0.4, 0.5) is 0 Å². The number of pyridine rings is 1. The van der Waals surface area contributed by atoms with Gasteiger partial charge in [0.2, 0.25) is 5.88 Å². The second-order valence-corrected chi connectivity index (χ2v) is 5.22. The molecule has 0 aliphatic carbocycles. The molecule has 1 heterocycles. The summed E-state index contributed by atoms with van der Waals surface area (Å²) in [5.41, 5.74) is 1.87. The fraction of sp³-hybridized carbons (Fsp3) is 0.294. The molecule has 5 nitrogen and oxygen atoms in total. The van der Waals surface area contributed by atoms with Crippen LogP contribution in [-0.2, 0) is 13.1 Å². The van der Waals surface area contributed by atoms with E-state index in [1.165, 1.54) is 0 Å². The van der Waals surface area contributed by atoms with Crippen LogP contribution in [0.2, 0.25) is 5.02 Å². The van der Waals surface area contributed by atoms with Crippen LogP contribution in [0.25, 0.3) is 0 Å². The van der Waals surface area contributed by atoms with Gasteiger partial charge in [0.05, 0.1) is 25.9 Å². The van der Waals surface area contributed by atoms with Crippen molar-refractivity contribution in [3.05, 3.63) is 58.7 Å². The first-order valence-electron chi connectivity index (χ1n) is 7.48. The number of ether oxygens (including phenoxy) is 1. The van der Waals surface area contributed by atoms with E-state index in [0.717, 1.165) is 28.8 Å². The second-order valence-electron chi connectivity index (χ2n) is 4.81. The number of aliphatic imine (C=N–C) groups is 1. The van der Waals surface area contributed by atoms with Crippen LogP contribution in [-0.4, -0.2) is 24.6 Å². The van der Waals surface area contributed by atoms with E-state index in [1.54, 1.807) is 7.11 Å². The van der Waals surface area contributed by atoms with Gasteiger partial charge in [-0.3, -0.25) is 0 Å². The highest BCUT2D eigenvalue weighted by Crippen LogP contribution is 2.15. The number of methoxy groups -OCH3 is 1. The number of guanidine groups is 1. The van der Waals surface area contributed by atoms with Crippen molar-refractivity contribution in [2.45, 2.75) is 20.0 Å². The Bertz CT molecular complexity index is 661. The molecule has 122 valence electrons. The Morgan fingerprint density at radius 2 is 2.00 bits per heavy atom. The molecule has 0 fully saturated rings. The van der Waals surface area contributed by atoms with Crippen LogP contribution in [0.5, 0.6) is 5.88 Å². The highest BCUT2D eigenvalue weighted by Gasteiger charge is 2.02. The van der Waals surface area contributed by atoms with Crippen molar-refractivity contribution in [2.24, 2.45) is 4.99 Å². The highest BCUT2D eigenvalue weighted by atomic mass is 35.5. The summed E-state index contributed by atoms with van der Waals surface area (Å²) in [6.07, 6.45) is 0. The van der Waals surface area contributed by atoms with Gasteiger partial charge in [-0.1, -0.05) is 35.9 Å². The zero-order valence-corrected chi connectivity index (χ0v) is 14.1. The lowest BCUT2D eigenvalue weighted by Gasteiger charge is -2.11. The molecule has 0 saturated carbocycles. The Morgan fingerprint density at radius 3 is 2.74 bits per heavy atom. The molecule has 0 radical (unpaired) electrons. The van der Waals surface area contributed by atoms with Gasteiger partial charge in [-0.2, -0.15) is 0 Å². The van der Waals surface area contributed by atoms with Gasteiger partial charge in [-0.05, 0) is 24.6 Å². The van der Waals surface area contributed by atoms with Crippen molar-refractivity contribution in [3.63, 3.8) is 0 Å². The third kappa shape index (κ3) is 5.45. The van der Waals surface area contributed by atoms with E-state index in [0.29, 0.717) is 19.0 Å². The van der Waals surface area contributed by atoms with E-state index in [4.69, 9.17) is 16.3 Å². The van der Waals surface area contributed by atoms with Gasteiger partial charge in [-0.25, -0.2) is 9.98 Å². The lowest BCUT2D eigenvalue weighted by Crippen LogP contribution is -2.37. The quantitative estimate of drug-likeness (QED) is 0.630. The fourth-order valence-electron chi connectivity index (χ4n) is 1.98. The largest absolute Gasteiger partial charge is 0.481 e. The summed E-state index contributed by atoms with van der Waals surface area (Å²) in [6, 6.07) is 13.4. The number of benzene rings is 1. The summed E-state index contributed by atoms with van der Waals surface area (Å²) in [7, 11) is 1.61. The van der Waals surface area contributed by atoms with Crippen molar-refractivity contribution in [1.29, 1.82) is 0 Å². The summed E-state index contributed by atoms with van der Waals surface area (Å²) in [5, 5.41) is 7.19. The van der Waals surface area contributed by atoms with Gasteiger partial charge in [0, 0.05) is 17.6 Å². The average Bonchev–Trinajstić information content (AvgIpc) is 2.59. The number of hydrogen-bond acceptors (Lipinski definition) is 3. The average molecular weight is 333 g/mol. The van der Waals surface area contributed by atoms with Crippen LogP contribution in [0.3, 0.4) is 0 Å². The predicted molar refractivity (Wildman–Crippen MR) is 93.9 cm³/mol. The van der Waals surface area contributed by atoms with E-state index in [-0.39, 0.29) is 0 Å². The molecule has 2 rings (SSSR count). The minimum absolute atomic E-state index is 0.514. The maximum Gasteiger partial charge on any atom is 0.213 e. The fourth-order valence-corrected chi connectivity index (χ4v) is 2.17. The summed E-state index contributed by atoms with van der Waals surface area (Å²) < 4.78 is 5.13. The van der Waals surface area contributed by atoms with Gasteiger partial charge >= 0.3 is 0 Å². The van der Waals surface area contributed by atoms with Gasteiger partial charge in [0.1, 0.15) is 0 Å². The van der Waals surface area contributed by atoms with Crippen molar-refractivity contribution < 1.29 is 4.74 Å². The molecule has 23 heavy (non-hydrogen) atoms. The minimum atomic E-state index is 0.514. The number of rotatable bonds is 6. The molecule has 0 saturated heterocycles. The Kier molecular flexibility index (Phi) is 6.69. The van der Waals surface area contributed by atoms with E-state index in [2.05, 4.69) is 20.6 Å². The molecular weight excluding hydrogens is 312 g/mol. The Hall–Kier alpha value is -2.27. The molecule has 0 aliphatic heterocycles. The zero-order chi connectivity index (χ0) is 16.5. The summed E-state index contributed by atoms with van der Waals surface area (Å²) >= 11 is 6.16. The summed E-state index contributed by atoms with van der Waals surface area (Å²) in [6.45, 7) is 3.88. The minimum Gasteiger partial charge on any atom is -0.481 e. The van der Waals surface area contributed by atoms with E-state index in [1.807, 2.05) is 49.4 Å². The molecule has 0 bridgehead atoms. The molecule has 0 spiro atoms. The molecule has 6 heteroatoms. The smallest absolute Gasteiger partial charge is 0.213 e. The number of hydrogen-bond donors (Lipinski definition) is 2. The third-order valence-corrected chi connectivity index (χ3v) is 3.51. The highest BCUT2D eigenvalue weighted by molar-refractivity contribution is 6.31. The Labute approximate surface area is 141 Å². The summed E-state index contributed by atoms with van der Waals surface area (Å²) in [4.78, 5) is 8.92. The first-order chi connectivity index (χ1) is 11.2. The number of nitrogens with one attached hydrogen (secondary N) is 2. The lowest BCUT2D eigenvalue weighted by molar-refractivity contribution is 0.396. The number of nitrogens with zero attached hydrogens (tertiary/aromatic N) is 2. The summed E-state index contributed by atoms with van der Waals surface area (Å²) in [5.74, 6) is 1.32. The van der Waals surface area contributed by atoms with Gasteiger partial charge in [0.25, 0.3) is 0 Å².